The fraction of sp³-hybridized carbons (Fsp3) is 0.0714. The van der Waals surface area contributed by atoms with Crippen LogP contribution in [0.1, 0.15) is 5.82 Å². The normalized spacial score (nSPS) is 11.2. The van der Waals surface area contributed by atoms with E-state index >= 15 is 0 Å². The van der Waals surface area contributed by atoms with Crippen LogP contribution in [0.25, 0.3) is 16.7 Å². The largest absolute Gasteiger partial charge is 0.294 e. The minimum Gasteiger partial charge on any atom is -0.294 e. The van der Waals surface area contributed by atoms with Gasteiger partial charge in [-0.05, 0) is 46.3 Å². The summed E-state index contributed by atoms with van der Waals surface area (Å²) >= 11 is 19.3. The Bertz CT molecular complexity index is 799. The van der Waals surface area contributed by atoms with Crippen molar-refractivity contribution in [3.8, 4) is 5.69 Å². The molecule has 1 heterocycles. The number of para-hydroxylation sites is 1. The van der Waals surface area contributed by atoms with Crippen molar-refractivity contribution in [3.63, 3.8) is 0 Å². The molecule has 3 rings (SSSR count). The van der Waals surface area contributed by atoms with Crippen molar-refractivity contribution in [1.82, 2.24) is 9.55 Å². The van der Waals surface area contributed by atoms with Crippen molar-refractivity contribution in [2.75, 3.05) is 0 Å². The average Bonchev–Trinajstić information content (AvgIpc) is 2.79. The number of imidazole rings is 1. The van der Waals surface area contributed by atoms with Crippen LogP contribution >= 0.6 is 55.1 Å². The summed E-state index contributed by atoms with van der Waals surface area (Å²) in [5, 5.41) is 0.626. The van der Waals surface area contributed by atoms with Crippen LogP contribution in [0.15, 0.2) is 45.3 Å². The summed E-state index contributed by atoms with van der Waals surface area (Å²) in [4.78, 5) is 4.54. The summed E-state index contributed by atoms with van der Waals surface area (Å²) in [6.07, 6.45) is 0. The van der Waals surface area contributed by atoms with Crippen molar-refractivity contribution in [3.05, 3.63) is 56.2 Å². The van der Waals surface area contributed by atoms with E-state index in [0.29, 0.717) is 10.9 Å². The molecule has 1 aromatic heterocycles. The highest BCUT2D eigenvalue weighted by molar-refractivity contribution is 9.11. The molecule has 20 heavy (non-hydrogen) atoms. The van der Waals surface area contributed by atoms with Gasteiger partial charge in [-0.2, -0.15) is 0 Å². The number of fused-ring (bicyclic) bond motifs is 1. The van der Waals surface area contributed by atoms with E-state index in [1.54, 1.807) is 0 Å². The molecule has 0 bridgehead atoms. The Kier molecular flexibility index (Phi) is 4.09. The number of hydrogen-bond acceptors (Lipinski definition) is 1. The smallest absolute Gasteiger partial charge is 0.129 e. The number of benzene rings is 2. The Morgan fingerprint density at radius 2 is 1.95 bits per heavy atom. The van der Waals surface area contributed by atoms with E-state index in [0.717, 1.165) is 31.5 Å². The van der Waals surface area contributed by atoms with E-state index in [-0.39, 0.29) is 0 Å². The molecule has 2 nitrogen and oxygen atoms in total. The fourth-order valence-electron chi connectivity index (χ4n) is 2.13. The molecule has 0 unspecified atom stereocenters. The van der Waals surface area contributed by atoms with Crippen molar-refractivity contribution in [1.29, 1.82) is 0 Å². The van der Waals surface area contributed by atoms with E-state index in [1.165, 1.54) is 0 Å². The van der Waals surface area contributed by atoms with Gasteiger partial charge in [-0.15, -0.1) is 11.6 Å². The number of hydrogen-bond donors (Lipinski definition) is 0. The van der Waals surface area contributed by atoms with Crippen molar-refractivity contribution in [2.24, 2.45) is 0 Å². The maximum Gasteiger partial charge on any atom is 0.129 e. The second-order valence-electron chi connectivity index (χ2n) is 4.20. The van der Waals surface area contributed by atoms with Gasteiger partial charge in [-0.3, -0.25) is 4.57 Å². The van der Waals surface area contributed by atoms with Crippen LogP contribution in [-0.4, -0.2) is 9.55 Å². The van der Waals surface area contributed by atoms with Crippen molar-refractivity contribution >= 4 is 66.1 Å². The van der Waals surface area contributed by atoms with E-state index in [1.807, 2.05) is 41.0 Å². The molecule has 0 saturated heterocycles. The zero-order chi connectivity index (χ0) is 14.3. The minimum absolute atomic E-state index is 0.313. The zero-order valence-electron chi connectivity index (χ0n) is 10.1. The Hall–Kier alpha value is -0.550. The number of rotatable bonds is 2. The topological polar surface area (TPSA) is 17.8 Å². The van der Waals surface area contributed by atoms with Gasteiger partial charge in [-0.25, -0.2) is 4.98 Å². The highest BCUT2D eigenvalue weighted by Gasteiger charge is 2.15. The lowest BCUT2D eigenvalue weighted by atomic mass is 10.3. The SMILES string of the molecule is ClCc1nc2c(Cl)cccc2n1-c1ccc(Br)cc1Br. The van der Waals surface area contributed by atoms with E-state index in [4.69, 9.17) is 23.2 Å². The molecule has 6 heteroatoms. The highest BCUT2D eigenvalue weighted by atomic mass is 79.9. The lowest BCUT2D eigenvalue weighted by Gasteiger charge is -2.10. The molecule has 0 amide bonds. The number of nitrogens with zero attached hydrogens (tertiary/aromatic N) is 2. The molecule has 0 aliphatic heterocycles. The lowest BCUT2D eigenvalue weighted by Crippen LogP contribution is -2.00. The third-order valence-corrected chi connectivity index (χ3v) is 4.65. The lowest BCUT2D eigenvalue weighted by molar-refractivity contribution is 0.977. The summed E-state index contributed by atoms with van der Waals surface area (Å²) in [5.74, 6) is 1.07. The summed E-state index contributed by atoms with van der Waals surface area (Å²) in [5.41, 5.74) is 2.68. The van der Waals surface area contributed by atoms with Gasteiger partial charge in [0.2, 0.25) is 0 Å². The molecule has 0 N–H and O–H groups in total. The fourth-order valence-corrected chi connectivity index (χ4v) is 3.75. The predicted octanol–water partition coefficient (Wildman–Crippen LogP) is 5.94. The first-order valence-electron chi connectivity index (χ1n) is 5.79. The van der Waals surface area contributed by atoms with Crippen LogP contribution in [-0.2, 0) is 5.88 Å². The first-order chi connectivity index (χ1) is 9.61. The molecule has 0 radical (unpaired) electrons. The van der Waals surface area contributed by atoms with Crippen LogP contribution in [0.2, 0.25) is 5.02 Å². The number of halogens is 4. The molecule has 0 fully saturated rings. The Morgan fingerprint density at radius 1 is 1.15 bits per heavy atom. The van der Waals surface area contributed by atoms with E-state index < -0.39 is 0 Å². The van der Waals surface area contributed by atoms with Crippen LogP contribution in [0, 0.1) is 0 Å². The van der Waals surface area contributed by atoms with Gasteiger partial charge >= 0.3 is 0 Å². The molecule has 2 aromatic carbocycles. The minimum atomic E-state index is 0.313. The molecule has 0 atom stereocenters. The second-order valence-corrected chi connectivity index (χ2v) is 6.64. The zero-order valence-corrected chi connectivity index (χ0v) is 14.8. The van der Waals surface area contributed by atoms with Crippen LogP contribution < -0.4 is 0 Å². The van der Waals surface area contributed by atoms with Gasteiger partial charge in [0.05, 0.1) is 22.1 Å². The maximum atomic E-state index is 6.21. The highest BCUT2D eigenvalue weighted by Crippen LogP contribution is 2.32. The molecule has 0 aliphatic rings. The quantitative estimate of drug-likeness (QED) is 0.456. The van der Waals surface area contributed by atoms with Gasteiger partial charge in [0, 0.05) is 8.95 Å². The molecular formula is C14H8Br2Cl2N2. The Labute approximate surface area is 143 Å². The second kappa shape index (κ2) is 5.68. The molecule has 0 spiro atoms. The van der Waals surface area contributed by atoms with Gasteiger partial charge in [0.15, 0.2) is 0 Å². The summed E-state index contributed by atoms with van der Waals surface area (Å²) in [7, 11) is 0. The predicted molar refractivity (Wildman–Crippen MR) is 91.0 cm³/mol. The molecule has 3 aromatic rings. The number of aromatic nitrogens is 2. The summed E-state index contributed by atoms with van der Waals surface area (Å²) < 4.78 is 3.98. The maximum absolute atomic E-state index is 6.21. The molecule has 0 saturated carbocycles. The van der Waals surface area contributed by atoms with Crippen molar-refractivity contribution in [2.45, 2.75) is 5.88 Å². The monoisotopic (exact) mass is 432 g/mol. The van der Waals surface area contributed by atoms with Gasteiger partial charge in [0.1, 0.15) is 11.3 Å². The Morgan fingerprint density at radius 3 is 2.65 bits per heavy atom. The average molecular weight is 435 g/mol. The van der Waals surface area contributed by atoms with E-state index in [9.17, 15) is 0 Å². The summed E-state index contributed by atoms with van der Waals surface area (Å²) in [6.45, 7) is 0. The van der Waals surface area contributed by atoms with Crippen LogP contribution in [0.4, 0.5) is 0 Å². The molecule has 0 aliphatic carbocycles. The standard InChI is InChI=1S/C14H8Br2Cl2N2/c15-8-4-5-11(9(16)6-8)20-12-3-1-2-10(18)14(12)19-13(20)7-17/h1-6H,7H2. The van der Waals surface area contributed by atoms with Gasteiger partial charge < -0.3 is 0 Å². The van der Waals surface area contributed by atoms with E-state index in [2.05, 4.69) is 36.8 Å². The number of alkyl halides is 1. The summed E-state index contributed by atoms with van der Waals surface area (Å²) in [6, 6.07) is 11.7. The third kappa shape index (κ3) is 2.39. The van der Waals surface area contributed by atoms with Gasteiger partial charge in [-0.1, -0.05) is 33.6 Å². The van der Waals surface area contributed by atoms with Crippen LogP contribution in [0.5, 0.6) is 0 Å². The molecular weight excluding hydrogens is 427 g/mol. The molecule has 102 valence electrons. The third-order valence-electron chi connectivity index (χ3n) is 2.98. The van der Waals surface area contributed by atoms with Crippen molar-refractivity contribution < 1.29 is 0 Å². The first-order valence-corrected chi connectivity index (χ1v) is 8.29. The Balaban J connectivity index is 2.37. The van der Waals surface area contributed by atoms with Crippen LogP contribution in [0.3, 0.4) is 0 Å². The first kappa shape index (κ1) is 14.4. The van der Waals surface area contributed by atoms with Gasteiger partial charge in [0.25, 0.3) is 0 Å².